The van der Waals surface area contributed by atoms with E-state index in [1.165, 1.54) is 0 Å². The lowest BCUT2D eigenvalue weighted by Crippen LogP contribution is -2.45. The van der Waals surface area contributed by atoms with Gasteiger partial charge >= 0.3 is 29.6 Å². The Morgan fingerprint density at radius 1 is 1.22 bits per heavy atom. The molecule has 22 heteroatoms. The van der Waals surface area contributed by atoms with Gasteiger partial charge in [0.15, 0.2) is 11.0 Å². The fourth-order valence-corrected chi connectivity index (χ4v) is 5.81. The average Bonchev–Trinajstić information content (AvgIpc) is 2.87. The number of H-pyrrole nitrogens is 1. The molecule has 0 radical (unpaired) electrons. The van der Waals surface area contributed by atoms with Gasteiger partial charge in [-0.2, -0.15) is 21.8 Å². The highest BCUT2D eigenvalue weighted by molar-refractivity contribution is 7.71. The molecule has 2 heterocycles. The van der Waals surface area contributed by atoms with Gasteiger partial charge in [-0.15, -0.1) is 0 Å². The van der Waals surface area contributed by atoms with Crippen LogP contribution in [0.25, 0.3) is 0 Å². The van der Waals surface area contributed by atoms with E-state index in [1.54, 1.807) is 0 Å². The van der Waals surface area contributed by atoms with Crippen LogP contribution in [0.1, 0.15) is 12.6 Å². The fourth-order valence-electron chi connectivity index (χ4n) is 2.50. The summed E-state index contributed by atoms with van der Waals surface area (Å²) in [5.41, 5.74) is -4.92. The topological polar surface area (TPSA) is 207 Å². The Morgan fingerprint density at radius 3 is 2.31 bits per heavy atom. The van der Waals surface area contributed by atoms with Crippen molar-refractivity contribution < 1.29 is 68.7 Å². The zero-order valence-electron chi connectivity index (χ0n) is 15.0. The van der Waals surface area contributed by atoms with E-state index in [4.69, 9.17) is 19.4 Å². The number of alkyl halides is 4. The summed E-state index contributed by atoms with van der Waals surface area (Å²) in [6.45, 7) is -1.32. The van der Waals surface area contributed by atoms with Crippen molar-refractivity contribution in [2.24, 2.45) is 0 Å². The van der Waals surface area contributed by atoms with Gasteiger partial charge in [-0.25, -0.2) is 18.1 Å². The lowest BCUT2D eigenvalue weighted by Gasteiger charge is -2.29. The maximum Gasteiger partial charge on any atom is 0.490 e. The maximum absolute atomic E-state index is 15.0. The van der Waals surface area contributed by atoms with E-state index in [9.17, 15) is 40.9 Å². The molecule has 184 valence electrons. The standard InChI is InChI=1S/C10H13F4N2O12P3S/c11-9(10(12,13)14)3-5(26-7(9)16-2-1-6(17)15-8(16)32)4-25-30(21,22)28-31(23,24)27-29(18,19)20/h1-2,5,7H,3-4H2,(H,21,22)(H,23,24)(H,15,17,32)(H2,18,19,20)/t5-,7+,9?/m0/s1. The molecular weight excluding hydrogens is 541 g/mol. The van der Waals surface area contributed by atoms with Crippen LogP contribution >= 0.6 is 35.7 Å². The van der Waals surface area contributed by atoms with Crippen LogP contribution in [0.5, 0.6) is 0 Å². The van der Waals surface area contributed by atoms with Crippen molar-refractivity contribution in [2.75, 3.05) is 6.61 Å². The normalized spacial score (nSPS) is 28.2. The molecular formula is C10H13F4N2O12P3S. The first-order valence-corrected chi connectivity index (χ1v) is 12.7. The Labute approximate surface area is 179 Å². The second-order valence-electron chi connectivity index (χ2n) is 6.08. The Balaban J connectivity index is 2.21. The number of rotatable bonds is 8. The molecule has 1 saturated heterocycles. The quantitative estimate of drug-likeness (QED) is 0.177. The summed E-state index contributed by atoms with van der Waals surface area (Å²) in [7, 11) is -17.2. The molecule has 1 aliphatic rings. The van der Waals surface area contributed by atoms with Gasteiger partial charge in [-0.05, 0) is 12.2 Å². The first kappa shape index (κ1) is 27.4. The maximum atomic E-state index is 15.0. The van der Waals surface area contributed by atoms with Crippen LogP contribution in [0, 0.1) is 4.77 Å². The summed E-state index contributed by atoms with van der Waals surface area (Å²) in [5.74, 6) is 0. The SMILES string of the molecule is O=c1ccn([C@@H]2O[C@H](COP(=O)(O)OP(=O)(O)OP(=O)(O)O)CC2(F)C(F)(F)F)c(=S)[nH]1. The molecule has 2 rings (SSSR count). The predicted molar refractivity (Wildman–Crippen MR) is 94.1 cm³/mol. The van der Waals surface area contributed by atoms with Gasteiger partial charge in [0, 0.05) is 18.7 Å². The molecule has 0 amide bonds. The second-order valence-corrected chi connectivity index (χ2v) is 10.9. The Hall–Kier alpha value is -0.810. The number of nitrogens with one attached hydrogen (secondary N) is 1. The molecule has 1 fully saturated rings. The van der Waals surface area contributed by atoms with Crippen LogP contribution in [0.2, 0.25) is 0 Å². The zero-order chi connectivity index (χ0) is 24.8. The third-order valence-corrected chi connectivity index (χ3v) is 7.77. The van der Waals surface area contributed by atoms with E-state index in [-0.39, 0.29) is 0 Å². The summed E-state index contributed by atoms with van der Waals surface area (Å²) < 4.78 is 104. The van der Waals surface area contributed by atoms with Crippen LogP contribution in [0.15, 0.2) is 17.1 Å². The monoisotopic (exact) mass is 554 g/mol. The molecule has 0 bridgehead atoms. The van der Waals surface area contributed by atoms with Crippen LogP contribution < -0.4 is 5.56 Å². The minimum Gasteiger partial charge on any atom is -0.348 e. The molecule has 14 nitrogen and oxygen atoms in total. The van der Waals surface area contributed by atoms with Crippen LogP contribution in [-0.4, -0.2) is 53.7 Å². The molecule has 0 saturated carbocycles. The number of ether oxygens (including phenoxy) is 1. The second kappa shape index (κ2) is 9.09. The number of phosphoric ester groups is 1. The Morgan fingerprint density at radius 2 is 1.81 bits per heavy atom. The number of aromatic nitrogens is 2. The van der Waals surface area contributed by atoms with E-state index in [0.29, 0.717) is 4.57 Å². The van der Waals surface area contributed by atoms with Crippen molar-refractivity contribution in [3.63, 3.8) is 0 Å². The van der Waals surface area contributed by atoms with Crippen LogP contribution in [-0.2, 0) is 31.6 Å². The molecule has 5 atom stereocenters. The molecule has 1 aliphatic heterocycles. The van der Waals surface area contributed by atoms with Gasteiger partial charge in [-0.3, -0.25) is 18.9 Å². The molecule has 0 aromatic carbocycles. The summed E-state index contributed by atoms with van der Waals surface area (Å²) in [4.78, 5) is 48.4. The highest BCUT2D eigenvalue weighted by Crippen LogP contribution is 2.66. The number of hydrogen-bond acceptors (Lipinski definition) is 9. The third kappa shape index (κ3) is 6.85. The summed E-state index contributed by atoms with van der Waals surface area (Å²) >= 11 is 4.69. The highest BCUT2D eigenvalue weighted by Gasteiger charge is 2.67. The van der Waals surface area contributed by atoms with Crippen molar-refractivity contribution >= 4 is 35.7 Å². The number of aromatic amines is 1. The predicted octanol–water partition coefficient (Wildman–Crippen LogP) is 1.81. The van der Waals surface area contributed by atoms with E-state index >= 15 is 0 Å². The third-order valence-electron chi connectivity index (χ3n) is 3.65. The minimum absolute atomic E-state index is 0.440. The van der Waals surface area contributed by atoms with Gasteiger partial charge in [0.25, 0.3) is 11.2 Å². The average molecular weight is 554 g/mol. The smallest absolute Gasteiger partial charge is 0.348 e. The van der Waals surface area contributed by atoms with Gasteiger partial charge < -0.3 is 24.3 Å². The molecule has 3 unspecified atom stereocenters. The van der Waals surface area contributed by atoms with E-state index in [2.05, 4.69) is 25.4 Å². The number of hydrogen-bond donors (Lipinski definition) is 5. The summed E-state index contributed by atoms with van der Waals surface area (Å²) in [5, 5.41) is 0. The lowest BCUT2D eigenvalue weighted by molar-refractivity contribution is -0.256. The first-order chi connectivity index (χ1) is 14.2. The number of halogens is 4. The zero-order valence-corrected chi connectivity index (χ0v) is 18.5. The van der Waals surface area contributed by atoms with Crippen molar-refractivity contribution in [1.82, 2.24) is 9.55 Å². The fraction of sp³-hybridized carbons (Fsp3) is 0.600. The lowest BCUT2D eigenvalue weighted by atomic mass is 9.99. The molecule has 1 aromatic rings. The molecule has 32 heavy (non-hydrogen) atoms. The van der Waals surface area contributed by atoms with Gasteiger partial charge in [0.2, 0.25) is 0 Å². The van der Waals surface area contributed by atoms with Crippen LogP contribution in [0.3, 0.4) is 0 Å². The first-order valence-electron chi connectivity index (χ1n) is 7.76. The number of phosphoric acid groups is 3. The highest BCUT2D eigenvalue weighted by atomic mass is 32.1. The summed E-state index contributed by atoms with van der Waals surface area (Å²) in [6.07, 6.45) is -10.7. The number of nitrogens with zero attached hydrogens (tertiary/aromatic N) is 1. The van der Waals surface area contributed by atoms with Crippen molar-refractivity contribution in [3.05, 3.63) is 27.4 Å². The van der Waals surface area contributed by atoms with Gasteiger partial charge in [0.05, 0.1) is 12.7 Å². The molecule has 5 N–H and O–H groups in total. The van der Waals surface area contributed by atoms with Gasteiger partial charge in [-0.1, -0.05) is 0 Å². The van der Waals surface area contributed by atoms with E-state index in [0.717, 1.165) is 12.3 Å². The Bertz CT molecular complexity index is 1120. The molecule has 0 spiro atoms. The van der Waals surface area contributed by atoms with E-state index < -0.39 is 71.0 Å². The Kier molecular flexibility index (Phi) is 7.80. The molecule has 0 aliphatic carbocycles. The minimum atomic E-state index is -5.87. The van der Waals surface area contributed by atoms with Crippen molar-refractivity contribution in [3.8, 4) is 0 Å². The van der Waals surface area contributed by atoms with Gasteiger partial charge in [0.1, 0.15) is 0 Å². The van der Waals surface area contributed by atoms with Crippen molar-refractivity contribution in [2.45, 2.75) is 30.6 Å². The summed E-state index contributed by atoms with van der Waals surface area (Å²) in [6, 6.07) is 0.731. The van der Waals surface area contributed by atoms with Crippen LogP contribution in [0.4, 0.5) is 17.6 Å². The largest absolute Gasteiger partial charge is 0.490 e. The van der Waals surface area contributed by atoms with E-state index in [1.807, 2.05) is 4.98 Å². The molecule has 1 aromatic heterocycles. The van der Waals surface area contributed by atoms with Crippen molar-refractivity contribution in [1.29, 1.82) is 0 Å².